The van der Waals surface area contributed by atoms with Gasteiger partial charge in [-0.2, -0.15) is 0 Å². The first-order valence-electron chi connectivity index (χ1n) is 11.9. The summed E-state index contributed by atoms with van der Waals surface area (Å²) < 4.78 is 0. The fourth-order valence-electron chi connectivity index (χ4n) is 4.84. The van der Waals surface area contributed by atoms with E-state index in [4.69, 9.17) is 0 Å². The smallest absolute Gasteiger partial charge is 0.0154 e. The monoisotopic (exact) mass is 438 g/mol. The lowest BCUT2D eigenvalue weighted by molar-refractivity contribution is 1.41. The molecular formula is C34H30. The highest BCUT2D eigenvalue weighted by Crippen LogP contribution is 2.34. The van der Waals surface area contributed by atoms with Crippen LogP contribution in [0.1, 0.15) is 22.3 Å². The van der Waals surface area contributed by atoms with Gasteiger partial charge in [-0.3, -0.25) is 0 Å². The molecule has 0 aliphatic rings. The van der Waals surface area contributed by atoms with Crippen LogP contribution >= 0.6 is 0 Å². The average molecular weight is 439 g/mol. The van der Waals surface area contributed by atoms with E-state index >= 15 is 0 Å². The molecule has 0 aliphatic heterocycles. The van der Waals surface area contributed by atoms with Crippen LogP contribution in [0.2, 0.25) is 0 Å². The zero-order valence-electron chi connectivity index (χ0n) is 20.4. The van der Waals surface area contributed by atoms with Gasteiger partial charge >= 0.3 is 0 Å². The molecule has 0 N–H and O–H groups in total. The predicted molar refractivity (Wildman–Crippen MR) is 147 cm³/mol. The van der Waals surface area contributed by atoms with E-state index in [1.165, 1.54) is 66.8 Å². The number of hydrogen-bond acceptors (Lipinski definition) is 0. The highest BCUT2D eigenvalue weighted by Gasteiger charge is 2.09. The molecule has 0 heterocycles. The van der Waals surface area contributed by atoms with Crippen molar-refractivity contribution in [2.24, 2.45) is 0 Å². The molecule has 0 fully saturated rings. The van der Waals surface area contributed by atoms with Gasteiger partial charge in [0.25, 0.3) is 0 Å². The van der Waals surface area contributed by atoms with E-state index < -0.39 is 0 Å². The summed E-state index contributed by atoms with van der Waals surface area (Å²) in [6.07, 6.45) is 0. The maximum absolute atomic E-state index is 2.32. The first kappa shape index (κ1) is 21.9. The van der Waals surface area contributed by atoms with Crippen molar-refractivity contribution in [2.75, 3.05) is 0 Å². The second-order valence-corrected chi connectivity index (χ2v) is 9.32. The molecular weight excluding hydrogens is 408 g/mol. The second-order valence-electron chi connectivity index (χ2n) is 9.32. The average Bonchev–Trinajstić information content (AvgIpc) is 2.85. The predicted octanol–water partition coefficient (Wildman–Crippen LogP) is 9.59. The highest BCUT2D eigenvalue weighted by atomic mass is 14.1. The van der Waals surface area contributed by atoms with Crippen molar-refractivity contribution >= 4 is 0 Å². The summed E-state index contributed by atoms with van der Waals surface area (Å²) in [6, 6.07) is 39.8. The second kappa shape index (κ2) is 9.15. The molecule has 0 nitrogen and oxygen atoms in total. The zero-order chi connectivity index (χ0) is 23.7. The first-order chi connectivity index (χ1) is 16.5. The quantitative estimate of drug-likeness (QED) is 0.262. The van der Waals surface area contributed by atoms with E-state index in [9.17, 15) is 0 Å². The van der Waals surface area contributed by atoms with Crippen LogP contribution in [0.4, 0.5) is 0 Å². The molecule has 34 heavy (non-hydrogen) atoms. The van der Waals surface area contributed by atoms with Gasteiger partial charge in [0.1, 0.15) is 0 Å². The van der Waals surface area contributed by atoms with Crippen molar-refractivity contribution in [2.45, 2.75) is 27.7 Å². The summed E-state index contributed by atoms with van der Waals surface area (Å²) in [5.41, 5.74) is 15.4. The third-order valence-electron chi connectivity index (χ3n) is 6.77. The third-order valence-corrected chi connectivity index (χ3v) is 6.77. The van der Waals surface area contributed by atoms with Crippen molar-refractivity contribution in [1.82, 2.24) is 0 Å². The Morgan fingerprint density at radius 1 is 0.324 bits per heavy atom. The van der Waals surface area contributed by atoms with E-state index in [-0.39, 0.29) is 0 Å². The van der Waals surface area contributed by atoms with Gasteiger partial charge in [-0.15, -0.1) is 0 Å². The number of benzene rings is 5. The zero-order valence-corrected chi connectivity index (χ0v) is 20.4. The molecule has 0 radical (unpaired) electrons. The van der Waals surface area contributed by atoms with Gasteiger partial charge in [-0.05, 0) is 88.9 Å². The maximum Gasteiger partial charge on any atom is -0.0154 e. The van der Waals surface area contributed by atoms with Gasteiger partial charge < -0.3 is 0 Å². The number of rotatable bonds is 4. The summed E-state index contributed by atoms with van der Waals surface area (Å²) in [5.74, 6) is 0. The number of aryl methyl sites for hydroxylation is 4. The molecule has 0 heteroatoms. The van der Waals surface area contributed by atoms with Gasteiger partial charge in [0.2, 0.25) is 0 Å². The Kier molecular flexibility index (Phi) is 5.90. The molecule has 0 atom stereocenters. The van der Waals surface area contributed by atoms with Gasteiger partial charge in [-0.25, -0.2) is 0 Å². The van der Waals surface area contributed by atoms with Crippen LogP contribution in [0.5, 0.6) is 0 Å². The minimum absolute atomic E-state index is 1.26. The summed E-state index contributed by atoms with van der Waals surface area (Å²) in [4.78, 5) is 0. The molecule has 0 spiro atoms. The largest absolute Gasteiger partial charge is 0.0622 e. The Morgan fingerprint density at radius 2 is 0.706 bits per heavy atom. The van der Waals surface area contributed by atoms with E-state index in [1.54, 1.807) is 0 Å². The van der Waals surface area contributed by atoms with E-state index in [0.717, 1.165) is 0 Å². The van der Waals surface area contributed by atoms with Crippen molar-refractivity contribution in [3.63, 3.8) is 0 Å². The van der Waals surface area contributed by atoms with Crippen LogP contribution in [-0.4, -0.2) is 0 Å². The standard InChI is InChI=1S/C34H30/c1-23-10-12-28(13-11-23)33-17-14-29(20-24(33)2)30-15-18-34(25(3)21-30)31-16-19-32(26(4)22-31)27-8-6-5-7-9-27/h5-22H,1-4H3. The van der Waals surface area contributed by atoms with Crippen molar-refractivity contribution in [1.29, 1.82) is 0 Å². The summed E-state index contributed by atoms with van der Waals surface area (Å²) in [6.45, 7) is 8.75. The third kappa shape index (κ3) is 4.32. The lowest BCUT2D eigenvalue weighted by Gasteiger charge is -2.14. The molecule has 0 saturated carbocycles. The molecule has 166 valence electrons. The molecule has 0 aromatic heterocycles. The van der Waals surface area contributed by atoms with Crippen LogP contribution in [0, 0.1) is 27.7 Å². The molecule has 0 unspecified atom stereocenters. The van der Waals surface area contributed by atoms with Crippen LogP contribution in [0.15, 0.2) is 109 Å². The molecule has 0 saturated heterocycles. The normalized spacial score (nSPS) is 10.9. The van der Waals surface area contributed by atoms with Crippen LogP contribution < -0.4 is 0 Å². The Balaban J connectivity index is 1.45. The minimum atomic E-state index is 1.26. The fraction of sp³-hybridized carbons (Fsp3) is 0.118. The van der Waals surface area contributed by atoms with Gasteiger partial charge in [0, 0.05) is 0 Å². The summed E-state index contributed by atoms with van der Waals surface area (Å²) in [5, 5.41) is 0. The SMILES string of the molecule is Cc1ccc(-c2ccc(-c3ccc(-c4ccc(-c5ccccc5)c(C)c4)c(C)c3)cc2C)cc1. The van der Waals surface area contributed by atoms with E-state index in [1.807, 2.05) is 0 Å². The first-order valence-corrected chi connectivity index (χ1v) is 11.9. The fourth-order valence-corrected chi connectivity index (χ4v) is 4.84. The van der Waals surface area contributed by atoms with Crippen LogP contribution in [-0.2, 0) is 0 Å². The molecule has 0 bridgehead atoms. The summed E-state index contributed by atoms with van der Waals surface area (Å²) >= 11 is 0. The van der Waals surface area contributed by atoms with Crippen molar-refractivity contribution in [3.8, 4) is 44.5 Å². The van der Waals surface area contributed by atoms with E-state index in [2.05, 4.69) is 137 Å². The lowest BCUT2D eigenvalue weighted by atomic mass is 9.91. The summed E-state index contributed by atoms with van der Waals surface area (Å²) in [7, 11) is 0. The topological polar surface area (TPSA) is 0 Å². The maximum atomic E-state index is 2.32. The van der Waals surface area contributed by atoms with Gasteiger partial charge in [0.15, 0.2) is 0 Å². The number of hydrogen-bond donors (Lipinski definition) is 0. The van der Waals surface area contributed by atoms with Crippen molar-refractivity contribution < 1.29 is 0 Å². The van der Waals surface area contributed by atoms with Crippen LogP contribution in [0.3, 0.4) is 0 Å². The molecule has 5 rings (SSSR count). The Bertz CT molecular complexity index is 1450. The van der Waals surface area contributed by atoms with E-state index in [0.29, 0.717) is 0 Å². The molecule has 5 aromatic rings. The highest BCUT2D eigenvalue weighted by molar-refractivity contribution is 5.79. The molecule has 0 aliphatic carbocycles. The molecule has 5 aromatic carbocycles. The Morgan fingerprint density at radius 3 is 1.21 bits per heavy atom. The Hall–Kier alpha value is -3.90. The lowest BCUT2D eigenvalue weighted by Crippen LogP contribution is -1.90. The van der Waals surface area contributed by atoms with Crippen molar-refractivity contribution in [3.05, 3.63) is 131 Å². The van der Waals surface area contributed by atoms with Gasteiger partial charge in [0.05, 0.1) is 0 Å². The Labute approximate surface area is 203 Å². The minimum Gasteiger partial charge on any atom is -0.0622 e. The van der Waals surface area contributed by atoms with Crippen LogP contribution in [0.25, 0.3) is 44.5 Å². The van der Waals surface area contributed by atoms with Gasteiger partial charge in [-0.1, -0.05) is 115 Å². The molecule has 0 amide bonds.